The molecule has 21 heavy (non-hydrogen) atoms. The predicted molar refractivity (Wildman–Crippen MR) is 87.3 cm³/mol. The van der Waals surface area contributed by atoms with E-state index in [1.54, 1.807) is 6.07 Å². The summed E-state index contributed by atoms with van der Waals surface area (Å²) in [5.41, 5.74) is 1.49. The first kappa shape index (κ1) is 14.6. The first-order chi connectivity index (χ1) is 10.1. The van der Waals surface area contributed by atoms with Crippen molar-refractivity contribution in [3.8, 4) is 11.4 Å². The lowest BCUT2D eigenvalue weighted by Gasteiger charge is -1.97. The van der Waals surface area contributed by atoms with E-state index in [1.807, 2.05) is 30.3 Å². The molecule has 1 aromatic carbocycles. The number of carbonyl (C=O) groups excluding carboxylic acids is 1. The molecular formula is C13H8Br2N4OS. The number of aromatic nitrogens is 4. The number of halogens is 2. The molecule has 3 aromatic rings. The van der Waals surface area contributed by atoms with E-state index >= 15 is 0 Å². The Balaban J connectivity index is 1.79. The van der Waals surface area contributed by atoms with Gasteiger partial charge in [0.2, 0.25) is 5.82 Å². The summed E-state index contributed by atoms with van der Waals surface area (Å²) in [4.78, 5) is 13.5. The third-order valence-electron chi connectivity index (χ3n) is 2.73. The molecule has 0 N–H and O–H groups in total. The number of rotatable bonds is 4. The van der Waals surface area contributed by atoms with E-state index < -0.39 is 0 Å². The van der Waals surface area contributed by atoms with Gasteiger partial charge in [-0.25, -0.2) is 0 Å². The van der Waals surface area contributed by atoms with Crippen LogP contribution < -0.4 is 0 Å². The fourth-order valence-electron chi connectivity index (χ4n) is 1.76. The molecule has 5 nitrogen and oxygen atoms in total. The normalized spacial score (nSPS) is 10.8. The van der Waals surface area contributed by atoms with E-state index in [0.717, 1.165) is 13.1 Å². The number of hydrogen-bond donors (Lipinski definition) is 0. The second-order valence-electron chi connectivity index (χ2n) is 4.17. The Morgan fingerprint density at radius 3 is 2.67 bits per heavy atom. The monoisotopic (exact) mass is 426 g/mol. The van der Waals surface area contributed by atoms with Crippen LogP contribution in [0.2, 0.25) is 0 Å². The van der Waals surface area contributed by atoms with Crippen molar-refractivity contribution >= 4 is 49.0 Å². The minimum atomic E-state index is -0.0687. The van der Waals surface area contributed by atoms with Crippen LogP contribution in [-0.4, -0.2) is 26.0 Å². The minimum Gasteiger partial charge on any atom is -0.292 e. The van der Waals surface area contributed by atoms with Crippen molar-refractivity contribution in [3.05, 3.63) is 49.5 Å². The van der Waals surface area contributed by atoms with Gasteiger partial charge in [-0.3, -0.25) is 4.79 Å². The van der Waals surface area contributed by atoms with Crippen LogP contribution in [-0.2, 0) is 6.54 Å². The summed E-state index contributed by atoms with van der Waals surface area (Å²) in [6.45, 7) is 0.0571. The van der Waals surface area contributed by atoms with E-state index in [4.69, 9.17) is 0 Å². The molecule has 3 rings (SSSR count). The molecule has 2 aromatic heterocycles. The number of Topliss-reactive ketones (excluding diaryl/α,β-unsaturated/α-hetero) is 1. The summed E-state index contributed by atoms with van der Waals surface area (Å²) >= 11 is 8.19. The quantitative estimate of drug-likeness (QED) is 0.594. The smallest absolute Gasteiger partial charge is 0.204 e. The van der Waals surface area contributed by atoms with Gasteiger partial charge in [0, 0.05) is 11.1 Å². The summed E-state index contributed by atoms with van der Waals surface area (Å²) < 4.78 is 1.69. The van der Waals surface area contributed by atoms with Crippen LogP contribution in [0.5, 0.6) is 0 Å². The molecular weight excluding hydrogens is 420 g/mol. The molecule has 0 aliphatic rings. The number of nitrogens with zero attached hydrogens (tertiary/aromatic N) is 4. The molecule has 106 valence electrons. The number of thiophene rings is 1. The second kappa shape index (κ2) is 6.17. The van der Waals surface area contributed by atoms with Gasteiger partial charge < -0.3 is 0 Å². The average molecular weight is 428 g/mol. The maximum Gasteiger partial charge on any atom is 0.204 e. The summed E-state index contributed by atoms with van der Waals surface area (Å²) in [6, 6.07) is 11.3. The van der Waals surface area contributed by atoms with Crippen molar-refractivity contribution in [1.82, 2.24) is 20.2 Å². The molecule has 0 aliphatic heterocycles. The van der Waals surface area contributed by atoms with E-state index in [2.05, 4.69) is 47.3 Å². The lowest BCUT2D eigenvalue weighted by molar-refractivity contribution is 0.0961. The lowest BCUT2D eigenvalue weighted by Crippen LogP contribution is -2.13. The molecule has 0 saturated heterocycles. The zero-order valence-corrected chi connectivity index (χ0v) is 14.5. The van der Waals surface area contributed by atoms with Gasteiger partial charge in [-0.2, -0.15) is 4.80 Å². The Labute approximate surface area is 141 Å². The van der Waals surface area contributed by atoms with Gasteiger partial charge in [-0.15, -0.1) is 21.5 Å². The van der Waals surface area contributed by atoms with Gasteiger partial charge >= 0.3 is 0 Å². The highest BCUT2D eigenvalue weighted by Crippen LogP contribution is 2.32. The number of tetrazole rings is 1. The molecule has 8 heteroatoms. The number of hydrogen-bond acceptors (Lipinski definition) is 5. The van der Waals surface area contributed by atoms with Gasteiger partial charge in [0.25, 0.3) is 0 Å². The van der Waals surface area contributed by atoms with E-state index in [9.17, 15) is 4.79 Å². The Morgan fingerprint density at radius 1 is 1.24 bits per heavy atom. The van der Waals surface area contributed by atoms with Crippen molar-refractivity contribution in [2.24, 2.45) is 0 Å². The molecule has 0 saturated carbocycles. The fraction of sp³-hybridized carbons (Fsp3) is 0.0769. The van der Waals surface area contributed by atoms with Crippen LogP contribution in [0, 0.1) is 0 Å². The summed E-state index contributed by atoms with van der Waals surface area (Å²) in [7, 11) is 0. The van der Waals surface area contributed by atoms with Gasteiger partial charge in [0.15, 0.2) is 5.78 Å². The van der Waals surface area contributed by atoms with Crippen molar-refractivity contribution in [2.75, 3.05) is 0 Å². The summed E-state index contributed by atoms with van der Waals surface area (Å²) in [5, 5.41) is 12.1. The molecule has 0 aliphatic carbocycles. The standard InChI is InChI=1S/C13H8Br2N4OS/c14-11-6-9(12(15)21-11)10(20)7-19-17-13(16-18-19)8-4-2-1-3-5-8/h1-6H,7H2. The lowest BCUT2D eigenvalue weighted by atomic mass is 10.2. The molecule has 0 spiro atoms. The number of benzene rings is 1. The van der Waals surface area contributed by atoms with Crippen molar-refractivity contribution in [3.63, 3.8) is 0 Å². The van der Waals surface area contributed by atoms with Crippen LogP contribution in [0.4, 0.5) is 0 Å². The van der Waals surface area contributed by atoms with Crippen molar-refractivity contribution in [2.45, 2.75) is 6.54 Å². The van der Waals surface area contributed by atoms with Gasteiger partial charge in [0.1, 0.15) is 6.54 Å². The van der Waals surface area contributed by atoms with Gasteiger partial charge in [-0.1, -0.05) is 30.3 Å². The average Bonchev–Trinajstić information content (AvgIpc) is 3.06. The van der Waals surface area contributed by atoms with E-state index in [-0.39, 0.29) is 12.3 Å². The van der Waals surface area contributed by atoms with Crippen LogP contribution in [0.1, 0.15) is 10.4 Å². The zero-order valence-electron chi connectivity index (χ0n) is 10.5. The van der Waals surface area contributed by atoms with Gasteiger partial charge in [-0.05, 0) is 43.1 Å². The Bertz CT molecular complexity index is 785. The largest absolute Gasteiger partial charge is 0.292 e. The zero-order chi connectivity index (χ0) is 14.8. The molecule has 0 amide bonds. The van der Waals surface area contributed by atoms with Crippen LogP contribution in [0.15, 0.2) is 44.0 Å². The maximum absolute atomic E-state index is 12.2. The maximum atomic E-state index is 12.2. The third kappa shape index (κ3) is 3.28. The SMILES string of the molecule is O=C(Cn1nnc(-c2ccccc2)n1)c1cc(Br)sc1Br. The first-order valence-electron chi connectivity index (χ1n) is 5.95. The highest BCUT2D eigenvalue weighted by Gasteiger charge is 2.16. The minimum absolute atomic E-state index is 0.0571. The third-order valence-corrected chi connectivity index (χ3v) is 5.07. The second-order valence-corrected chi connectivity index (χ2v) is 7.92. The molecule has 0 fully saturated rings. The Hall–Kier alpha value is -1.38. The molecule has 0 unspecified atom stereocenters. The van der Waals surface area contributed by atoms with Crippen LogP contribution in [0.3, 0.4) is 0 Å². The Kier molecular flexibility index (Phi) is 4.27. The van der Waals surface area contributed by atoms with E-state index in [0.29, 0.717) is 11.4 Å². The van der Waals surface area contributed by atoms with Crippen LogP contribution in [0.25, 0.3) is 11.4 Å². The predicted octanol–water partition coefficient (Wildman–Crippen LogP) is 3.81. The number of carbonyl (C=O) groups is 1. The molecule has 0 atom stereocenters. The summed E-state index contributed by atoms with van der Waals surface area (Å²) in [5.74, 6) is 0.440. The van der Waals surface area contributed by atoms with Crippen LogP contribution >= 0.6 is 43.2 Å². The number of ketones is 1. The molecule has 2 heterocycles. The first-order valence-corrected chi connectivity index (χ1v) is 8.35. The highest BCUT2D eigenvalue weighted by molar-refractivity contribution is 9.12. The van der Waals surface area contributed by atoms with Crippen molar-refractivity contribution in [1.29, 1.82) is 0 Å². The fourth-order valence-corrected chi connectivity index (χ4v) is 4.61. The Morgan fingerprint density at radius 2 is 2.00 bits per heavy atom. The highest BCUT2D eigenvalue weighted by atomic mass is 79.9. The molecule has 0 radical (unpaired) electrons. The summed E-state index contributed by atoms with van der Waals surface area (Å²) in [6.07, 6.45) is 0. The topological polar surface area (TPSA) is 60.7 Å². The van der Waals surface area contributed by atoms with Gasteiger partial charge in [0.05, 0.1) is 7.57 Å². The molecule has 0 bridgehead atoms. The van der Waals surface area contributed by atoms with Crippen molar-refractivity contribution < 1.29 is 4.79 Å². The van der Waals surface area contributed by atoms with E-state index in [1.165, 1.54) is 16.1 Å².